The largest absolute Gasteiger partial charge is 0.488 e. The van der Waals surface area contributed by atoms with E-state index in [0.717, 1.165) is 11.1 Å². The lowest BCUT2D eigenvalue weighted by Crippen LogP contribution is -2.22. The maximum absolute atomic E-state index is 12.6. The zero-order valence-electron chi connectivity index (χ0n) is 17.4. The summed E-state index contributed by atoms with van der Waals surface area (Å²) in [5.41, 5.74) is 6.38. The molecule has 0 saturated heterocycles. The van der Waals surface area contributed by atoms with Gasteiger partial charge in [0.05, 0.1) is 18.1 Å². The third-order valence-corrected chi connectivity index (χ3v) is 5.07. The van der Waals surface area contributed by atoms with Crippen LogP contribution in [0.5, 0.6) is 5.75 Å². The minimum atomic E-state index is -0.431. The molecule has 0 aliphatic carbocycles. The Balaban J connectivity index is 1.48. The highest BCUT2D eigenvalue weighted by Gasteiger charge is 2.10. The van der Waals surface area contributed by atoms with E-state index in [1.165, 1.54) is 16.4 Å². The Morgan fingerprint density at radius 3 is 2.66 bits per heavy atom. The molecule has 7 heteroatoms. The molecule has 0 saturated carbocycles. The van der Waals surface area contributed by atoms with Gasteiger partial charge < -0.3 is 4.74 Å². The number of hydrogen-bond acceptors (Lipinski definition) is 5. The first-order valence-corrected chi connectivity index (χ1v) is 10.4. The lowest BCUT2D eigenvalue weighted by atomic mass is 10.1. The molecule has 1 N–H and O–H groups in total. The number of ether oxygens (including phenoxy) is 1. The Morgan fingerprint density at radius 2 is 1.84 bits per heavy atom. The van der Waals surface area contributed by atoms with Gasteiger partial charge in [0.2, 0.25) is 0 Å². The zero-order chi connectivity index (χ0) is 22.3. The van der Waals surface area contributed by atoms with Crippen LogP contribution in [0.3, 0.4) is 0 Å². The Kier molecular flexibility index (Phi) is 6.63. The van der Waals surface area contributed by atoms with Crippen LogP contribution in [0.25, 0.3) is 5.69 Å². The van der Waals surface area contributed by atoms with Crippen LogP contribution in [0.1, 0.15) is 16.7 Å². The quantitative estimate of drug-likeness (QED) is 0.313. The second-order valence-electron chi connectivity index (χ2n) is 7.11. The van der Waals surface area contributed by atoms with E-state index in [4.69, 9.17) is 16.3 Å². The van der Waals surface area contributed by atoms with E-state index >= 15 is 0 Å². The van der Waals surface area contributed by atoms with Crippen molar-refractivity contribution in [1.82, 2.24) is 9.78 Å². The van der Waals surface area contributed by atoms with Crippen molar-refractivity contribution in [1.29, 1.82) is 0 Å². The summed E-state index contributed by atoms with van der Waals surface area (Å²) in [5.74, 6) is 0.697. The van der Waals surface area contributed by atoms with E-state index in [0.29, 0.717) is 23.7 Å². The fourth-order valence-electron chi connectivity index (χ4n) is 3.12. The highest BCUT2D eigenvalue weighted by Crippen LogP contribution is 2.19. The van der Waals surface area contributed by atoms with E-state index in [9.17, 15) is 4.79 Å². The number of hydrazone groups is 1. The van der Waals surface area contributed by atoms with Gasteiger partial charge in [-0.3, -0.25) is 10.2 Å². The van der Waals surface area contributed by atoms with Gasteiger partial charge in [-0.05, 0) is 36.8 Å². The summed E-state index contributed by atoms with van der Waals surface area (Å²) in [6.07, 6.45) is 3.08. The summed E-state index contributed by atoms with van der Waals surface area (Å²) in [6.45, 7) is 2.50. The van der Waals surface area contributed by atoms with Gasteiger partial charge in [-0.2, -0.15) is 14.9 Å². The highest BCUT2D eigenvalue weighted by molar-refractivity contribution is 6.32. The maximum atomic E-state index is 12.6. The van der Waals surface area contributed by atoms with Crippen molar-refractivity contribution in [2.24, 2.45) is 5.10 Å². The molecule has 0 amide bonds. The monoisotopic (exact) mass is 444 g/mol. The predicted molar refractivity (Wildman–Crippen MR) is 128 cm³/mol. The van der Waals surface area contributed by atoms with Crippen molar-refractivity contribution in [3.05, 3.63) is 117 Å². The Labute approximate surface area is 190 Å². The van der Waals surface area contributed by atoms with Gasteiger partial charge in [0, 0.05) is 5.56 Å². The molecule has 160 valence electrons. The third kappa shape index (κ3) is 5.04. The summed E-state index contributed by atoms with van der Waals surface area (Å²) in [7, 11) is 0. The molecule has 0 radical (unpaired) electrons. The van der Waals surface area contributed by atoms with Gasteiger partial charge in [0.25, 0.3) is 5.56 Å². The standard InChI is InChI=1S/C25H21ClN4O2/c1-18-8-7-9-19(14-18)17-32-23-13-6-5-10-20(23)15-27-29-22-16-28-30(25(31)24(22)26)21-11-3-2-4-12-21/h2-16,29H,17H2,1H3/b27-15+. The van der Waals surface area contributed by atoms with E-state index in [-0.39, 0.29) is 5.02 Å². The number of halogens is 1. The van der Waals surface area contributed by atoms with E-state index in [2.05, 4.69) is 21.7 Å². The molecule has 32 heavy (non-hydrogen) atoms. The second-order valence-corrected chi connectivity index (χ2v) is 7.49. The molecule has 0 fully saturated rings. The van der Waals surface area contributed by atoms with Crippen LogP contribution < -0.4 is 15.7 Å². The average molecular weight is 445 g/mol. The molecule has 0 atom stereocenters. The van der Waals surface area contributed by atoms with Crippen LogP contribution in [0.2, 0.25) is 5.02 Å². The molecule has 1 aromatic heterocycles. The molecule has 0 spiro atoms. The van der Waals surface area contributed by atoms with Crippen molar-refractivity contribution in [3.8, 4) is 11.4 Å². The van der Waals surface area contributed by atoms with E-state index in [1.807, 2.05) is 67.6 Å². The Hall–Kier alpha value is -3.90. The predicted octanol–water partition coefficient (Wildman–Crippen LogP) is 5.22. The molecule has 3 aromatic carbocycles. The first-order valence-electron chi connectivity index (χ1n) is 10.0. The third-order valence-electron chi connectivity index (χ3n) is 4.70. The number of hydrogen-bond donors (Lipinski definition) is 1. The normalized spacial score (nSPS) is 10.9. The molecule has 4 rings (SSSR count). The minimum Gasteiger partial charge on any atom is -0.488 e. The van der Waals surface area contributed by atoms with Crippen molar-refractivity contribution in [3.63, 3.8) is 0 Å². The van der Waals surface area contributed by atoms with Gasteiger partial charge in [-0.25, -0.2) is 0 Å². The van der Waals surface area contributed by atoms with Gasteiger partial charge in [0.15, 0.2) is 0 Å². The second kappa shape index (κ2) is 9.94. The van der Waals surface area contributed by atoms with Crippen LogP contribution >= 0.6 is 11.6 Å². The summed E-state index contributed by atoms with van der Waals surface area (Å²) >= 11 is 6.26. The molecule has 4 aromatic rings. The number of aryl methyl sites for hydroxylation is 1. The first kappa shape index (κ1) is 21.3. The van der Waals surface area contributed by atoms with Crippen molar-refractivity contribution >= 4 is 23.5 Å². The highest BCUT2D eigenvalue weighted by atomic mass is 35.5. The minimum absolute atomic E-state index is 0.00462. The molecular formula is C25H21ClN4O2. The molecule has 6 nitrogen and oxygen atoms in total. The summed E-state index contributed by atoms with van der Waals surface area (Å²) < 4.78 is 7.22. The first-order chi connectivity index (χ1) is 15.6. The molecule has 0 aliphatic rings. The average Bonchev–Trinajstić information content (AvgIpc) is 2.82. The SMILES string of the molecule is Cc1cccc(COc2ccccc2/C=N/Nc2cnn(-c3ccccc3)c(=O)c2Cl)c1. The van der Waals surface area contributed by atoms with Crippen LogP contribution in [-0.2, 0) is 6.61 Å². The van der Waals surface area contributed by atoms with Crippen LogP contribution in [-0.4, -0.2) is 16.0 Å². The van der Waals surface area contributed by atoms with Crippen molar-refractivity contribution in [2.75, 3.05) is 5.43 Å². The molecule has 1 heterocycles. The number of anilines is 1. The molecule has 0 unspecified atom stereocenters. The maximum Gasteiger partial charge on any atom is 0.292 e. The van der Waals surface area contributed by atoms with Gasteiger partial charge in [-0.15, -0.1) is 0 Å². The van der Waals surface area contributed by atoms with Gasteiger partial charge in [-0.1, -0.05) is 71.8 Å². The fourth-order valence-corrected chi connectivity index (χ4v) is 3.29. The molecular weight excluding hydrogens is 424 g/mol. The topological polar surface area (TPSA) is 68.5 Å². The lowest BCUT2D eigenvalue weighted by molar-refractivity contribution is 0.305. The number of nitrogens with one attached hydrogen (secondary N) is 1. The molecule has 0 aliphatic heterocycles. The number of rotatable bonds is 7. The summed E-state index contributed by atoms with van der Waals surface area (Å²) in [6, 6.07) is 24.8. The Bertz CT molecular complexity index is 1300. The fraction of sp³-hybridized carbons (Fsp3) is 0.0800. The number of para-hydroxylation sites is 2. The Morgan fingerprint density at radius 1 is 1.06 bits per heavy atom. The summed E-state index contributed by atoms with van der Waals surface area (Å²) in [4.78, 5) is 12.6. The van der Waals surface area contributed by atoms with Crippen molar-refractivity contribution in [2.45, 2.75) is 13.5 Å². The van der Waals surface area contributed by atoms with Crippen LogP contribution in [0.15, 0.2) is 95.0 Å². The van der Waals surface area contributed by atoms with Crippen molar-refractivity contribution < 1.29 is 4.74 Å². The smallest absolute Gasteiger partial charge is 0.292 e. The summed E-state index contributed by atoms with van der Waals surface area (Å²) in [5, 5.41) is 8.40. The number of nitrogens with zero attached hydrogens (tertiary/aromatic N) is 3. The lowest BCUT2D eigenvalue weighted by Gasteiger charge is -2.10. The van der Waals surface area contributed by atoms with Crippen LogP contribution in [0.4, 0.5) is 5.69 Å². The van der Waals surface area contributed by atoms with E-state index in [1.54, 1.807) is 18.3 Å². The van der Waals surface area contributed by atoms with E-state index < -0.39 is 5.56 Å². The van der Waals surface area contributed by atoms with Crippen LogP contribution in [0, 0.1) is 6.92 Å². The van der Waals surface area contributed by atoms with Gasteiger partial charge >= 0.3 is 0 Å². The number of benzene rings is 3. The number of aromatic nitrogens is 2. The van der Waals surface area contributed by atoms with Gasteiger partial charge in [0.1, 0.15) is 23.1 Å². The zero-order valence-corrected chi connectivity index (χ0v) is 18.2. The molecule has 0 bridgehead atoms.